The molecule has 0 spiro atoms. The van der Waals surface area contributed by atoms with Crippen LogP contribution in [0.3, 0.4) is 0 Å². The molecule has 86 valence electrons. The molecule has 1 atom stereocenters. The summed E-state index contributed by atoms with van der Waals surface area (Å²) in [5.41, 5.74) is 3.63. The van der Waals surface area contributed by atoms with E-state index in [4.69, 9.17) is 5.26 Å². The quantitative estimate of drug-likeness (QED) is 0.836. The number of nitrogens with one attached hydrogen (secondary N) is 1. The Morgan fingerprint density at radius 2 is 2.00 bits per heavy atom. The number of hydrogen-bond donors (Lipinski definition) is 1. The Bertz CT molecular complexity index is 388. The summed E-state index contributed by atoms with van der Waals surface area (Å²) in [4.78, 5) is 0. The lowest BCUT2D eigenvalue weighted by atomic mass is 9.97. The van der Waals surface area contributed by atoms with Crippen LogP contribution in [0.1, 0.15) is 25.0 Å². The summed E-state index contributed by atoms with van der Waals surface area (Å²) in [6, 6.07) is 8.66. The fourth-order valence-electron chi connectivity index (χ4n) is 1.66. The number of hydrogen-bond acceptors (Lipinski definition) is 2. The van der Waals surface area contributed by atoms with E-state index in [0.717, 1.165) is 12.2 Å². The Hall–Kier alpha value is -1.49. The van der Waals surface area contributed by atoms with Gasteiger partial charge in [-0.1, -0.05) is 31.5 Å². The number of benzene rings is 1. The molecular formula is C14H20N2. The van der Waals surface area contributed by atoms with Crippen LogP contribution in [-0.2, 0) is 0 Å². The van der Waals surface area contributed by atoms with Crippen molar-refractivity contribution in [2.75, 3.05) is 11.9 Å². The molecule has 2 nitrogen and oxygen atoms in total. The SMILES string of the molecule is Cc1ccc(NCC(C#N)C(C)C)c(C)c1. The zero-order valence-corrected chi connectivity index (χ0v) is 10.5. The fraction of sp³-hybridized carbons (Fsp3) is 0.500. The first-order chi connectivity index (χ1) is 7.54. The summed E-state index contributed by atoms with van der Waals surface area (Å²) < 4.78 is 0. The van der Waals surface area contributed by atoms with Gasteiger partial charge < -0.3 is 5.32 Å². The zero-order valence-electron chi connectivity index (χ0n) is 10.5. The Balaban J connectivity index is 2.64. The van der Waals surface area contributed by atoms with Gasteiger partial charge in [-0.05, 0) is 31.4 Å². The molecule has 0 aliphatic heterocycles. The highest BCUT2D eigenvalue weighted by Crippen LogP contribution is 2.17. The summed E-state index contributed by atoms with van der Waals surface area (Å²) in [6.45, 7) is 9.06. The lowest BCUT2D eigenvalue weighted by molar-refractivity contribution is 0.496. The first-order valence-corrected chi connectivity index (χ1v) is 5.75. The minimum absolute atomic E-state index is 0.0701. The molecular weight excluding hydrogens is 196 g/mol. The zero-order chi connectivity index (χ0) is 12.1. The van der Waals surface area contributed by atoms with E-state index in [1.807, 2.05) is 0 Å². The van der Waals surface area contributed by atoms with Crippen molar-refractivity contribution in [2.45, 2.75) is 27.7 Å². The molecule has 0 radical (unpaired) electrons. The average molecular weight is 216 g/mol. The molecule has 1 aromatic carbocycles. The molecule has 2 heteroatoms. The summed E-state index contributed by atoms with van der Waals surface area (Å²) in [6.07, 6.45) is 0. The van der Waals surface area contributed by atoms with E-state index < -0.39 is 0 Å². The van der Waals surface area contributed by atoms with Crippen LogP contribution in [0.25, 0.3) is 0 Å². The van der Waals surface area contributed by atoms with Gasteiger partial charge in [-0.15, -0.1) is 0 Å². The van der Waals surface area contributed by atoms with Crippen LogP contribution in [0.15, 0.2) is 18.2 Å². The van der Waals surface area contributed by atoms with Crippen molar-refractivity contribution in [2.24, 2.45) is 11.8 Å². The predicted molar refractivity (Wildman–Crippen MR) is 68.3 cm³/mol. The second kappa shape index (κ2) is 5.55. The molecule has 0 fully saturated rings. The summed E-state index contributed by atoms with van der Waals surface area (Å²) in [5.74, 6) is 0.462. The average Bonchev–Trinajstić information content (AvgIpc) is 2.21. The molecule has 16 heavy (non-hydrogen) atoms. The lowest BCUT2D eigenvalue weighted by Crippen LogP contribution is -2.18. The van der Waals surface area contributed by atoms with E-state index in [9.17, 15) is 0 Å². The minimum Gasteiger partial charge on any atom is -0.384 e. The first-order valence-electron chi connectivity index (χ1n) is 5.75. The number of nitriles is 1. The van der Waals surface area contributed by atoms with Gasteiger partial charge >= 0.3 is 0 Å². The van der Waals surface area contributed by atoms with Crippen molar-refractivity contribution >= 4 is 5.69 Å². The third-order valence-electron chi connectivity index (χ3n) is 2.86. The van der Waals surface area contributed by atoms with Gasteiger partial charge in [0.05, 0.1) is 12.0 Å². The predicted octanol–water partition coefficient (Wildman–Crippen LogP) is 3.51. The highest BCUT2D eigenvalue weighted by molar-refractivity contribution is 5.52. The molecule has 0 aromatic heterocycles. The molecule has 0 bridgehead atoms. The molecule has 0 aliphatic rings. The van der Waals surface area contributed by atoms with Crippen LogP contribution in [0.5, 0.6) is 0 Å². The summed E-state index contributed by atoms with van der Waals surface area (Å²) in [7, 11) is 0. The summed E-state index contributed by atoms with van der Waals surface area (Å²) in [5, 5.41) is 12.3. The maximum atomic E-state index is 9.00. The monoisotopic (exact) mass is 216 g/mol. The van der Waals surface area contributed by atoms with Gasteiger partial charge in [0.25, 0.3) is 0 Å². The molecule has 1 unspecified atom stereocenters. The van der Waals surface area contributed by atoms with Gasteiger partial charge in [-0.3, -0.25) is 0 Å². The standard InChI is InChI=1S/C14H20N2/c1-10(2)13(8-15)9-16-14-6-5-11(3)7-12(14)4/h5-7,10,13,16H,9H2,1-4H3. The molecule has 0 amide bonds. The van der Waals surface area contributed by atoms with E-state index in [0.29, 0.717) is 5.92 Å². The van der Waals surface area contributed by atoms with E-state index >= 15 is 0 Å². The van der Waals surface area contributed by atoms with Crippen molar-refractivity contribution in [1.29, 1.82) is 5.26 Å². The van der Waals surface area contributed by atoms with Gasteiger partial charge in [0.15, 0.2) is 0 Å². The lowest BCUT2D eigenvalue weighted by Gasteiger charge is -2.16. The molecule has 1 aromatic rings. The van der Waals surface area contributed by atoms with Crippen LogP contribution in [0, 0.1) is 37.0 Å². The highest BCUT2D eigenvalue weighted by Gasteiger charge is 2.11. The molecule has 1 rings (SSSR count). The topological polar surface area (TPSA) is 35.8 Å². The van der Waals surface area contributed by atoms with Crippen LogP contribution in [-0.4, -0.2) is 6.54 Å². The number of anilines is 1. The summed E-state index contributed by atoms with van der Waals surface area (Å²) >= 11 is 0. The van der Waals surface area contributed by atoms with E-state index in [-0.39, 0.29) is 5.92 Å². The minimum atomic E-state index is 0.0701. The van der Waals surface area contributed by atoms with Crippen molar-refractivity contribution in [1.82, 2.24) is 0 Å². The van der Waals surface area contributed by atoms with Gasteiger partial charge in [-0.2, -0.15) is 5.26 Å². The van der Waals surface area contributed by atoms with Gasteiger partial charge in [0.1, 0.15) is 0 Å². The van der Waals surface area contributed by atoms with Gasteiger partial charge in [0.2, 0.25) is 0 Å². The van der Waals surface area contributed by atoms with Crippen LogP contribution < -0.4 is 5.32 Å². The Morgan fingerprint density at radius 3 is 2.50 bits per heavy atom. The molecule has 0 saturated carbocycles. The Labute approximate surface area is 98.3 Å². The maximum Gasteiger partial charge on any atom is 0.0677 e. The van der Waals surface area contributed by atoms with Crippen LogP contribution in [0.4, 0.5) is 5.69 Å². The van der Waals surface area contributed by atoms with Crippen molar-refractivity contribution in [3.63, 3.8) is 0 Å². The van der Waals surface area contributed by atoms with Crippen molar-refractivity contribution < 1.29 is 0 Å². The molecule has 1 N–H and O–H groups in total. The Morgan fingerprint density at radius 1 is 1.31 bits per heavy atom. The van der Waals surface area contributed by atoms with Crippen LogP contribution in [0.2, 0.25) is 0 Å². The first kappa shape index (κ1) is 12.6. The normalized spacial score (nSPS) is 12.2. The molecule has 0 saturated heterocycles. The number of nitrogens with zero attached hydrogens (tertiary/aromatic N) is 1. The maximum absolute atomic E-state index is 9.00. The number of rotatable bonds is 4. The largest absolute Gasteiger partial charge is 0.384 e. The third kappa shape index (κ3) is 3.27. The second-order valence-corrected chi connectivity index (χ2v) is 4.68. The second-order valence-electron chi connectivity index (χ2n) is 4.68. The third-order valence-corrected chi connectivity index (χ3v) is 2.86. The Kier molecular flexibility index (Phi) is 4.37. The molecule has 0 heterocycles. The van der Waals surface area contributed by atoms with Gasteiger partial charge in [0, 0.05) is 12.2 Å². The van der Waals surface area contributed by atoms with E-state index in [1.54, 1.807) is 0 Å². The highest BCUT2D eigenvalue weighted by atomic mass is 14.9. The number of aryl methyl sites for hydroxylation is 2. The van der Waals surface area contributed by atoms with Crippen molar-refractivity contribution in [3.8, 4) is 6.07 Å². The van der Waals surface area contributed by atoms with Gasteiger partial charge in [-0.25, -0.2) is 0 Å². The smallest absolute Gasteiger partial charge is 0.0677 e. The van der Waals surface area contributed by atoms with E-state index in [1.165, 1.54) is 11.1 Å². The van der Waals surface area contributed by atoms with Crippen LogP contribution >= 0.6 is 0 Å². The fourth-order valence-corrected chi connectivity index (χ4v) is 1.66. The van der Waals surface area contributed by atoms with Crippen molar-refractivity contribution in [3.05, 3.63) is 29.3 Å². The molecule has 0 aliphatic carbocycles. The van der Waals surface area contributed by atoms with E-state index in [2.05, 4.69) is 57.3 Å².